The number of likely N-dealkylation sites (tertiary alicyclic amines) is 1. The largest absolute Gasteiger partial charge is 0.339 e. The van der Waals surface area contributed by atoms with Gasteiger partial charge in [0.2, 0.25) is 5.89 Å². The van der Waals surface area contributed by atoms with Gasteiger partial charge in [-0.05, 0) is 32.9 Å². The number of hydrogen-bond donors (Lipinski definition) is 0. The molecule has 0 amide bonds. The van der Waals surface area contributed by atoms with Crippen LogP contribution in [0.3, 0.4) is 0 Å². The third kappa shape index (κ3) is 3.93. The third-order valence-corrected chi connectivity index (χ3v) is 3.01. The van der Waals surface area contributed by atoms with Gasteiger partial charge in [0.05, 0.1) is 6.42 Å². The lowest BCUT2D eigenvalue weighted by Crippen LogP contribution is -2.31. The Morgan fingerprint density at radius 1 is 1.35 bits per heavy atom. The van der Waals surface area contributed by atoms with Crippen molar-refractivity contribution in [3.8, 4) is 0 Å². The molecule has 1 aromatic rings. The molecule has 0 saturated carbocycles. The summed E-state index contributed by atoms with van der Waals surface area (Å²) in [4.78, 5) is 17.5. The maximum absolute atomic E-state index is 10.9. The van der Waals surface area contributed by atoms with E-state index in [1.165, 1.54) is 39.3 Å². The minimum Gasteiger partial charge on any atom is -0.339 e. The Labute approximate surface area is 101 Å². The molecule has 94 valence electrons. The van der Waals surface area contributed by atoms with Gasteiger partial charge in [0, 0.05) is 13.0 Å². The summed E-state index contributed by atoms with van der Waals surface area (Å²) in [7, 11) is 0. The summed E-state index contributed by atoms with van der Waals surface area (Å²) in [5.74, 6) is 1.21. The zero-order valence-corrected chi connectivity index (χ0v) is 10.3. The first-order valence-corrected chi connectivity index (χ1v) is 6.27. The normalized spacial score (nSPS) is 17.2. The molecule has 0 unspecified atom stereocenters. The number of rotatable bonds is 5. The van der Waals surface area contributed by atoms with Gasteiger partial charge >= 0.3 is 0 Å². The quantitative estimate of drug-likeness (QED) is 0.771. The van der Waals surface area contributed by atoms with E-state index in [1.54, 1.807) is 0 Å². The molecule has 0 atom stereocenters. The lowest BCUT2D eigenvalue weighted by atomic mass is 10.1. The van der Waals surface area contributed by atoms with E-state index in [1.807, 2.05) is 0 Å². The molecule has 1 aliphatic heterocycles. The standard InChI is InChI=1S/C12H19N3O2/c1-10(16)9-11-13-12(17-14-11)5-8-15-6-3-2-4-7-15/h2-9H2,1H3. The second-order valence-corrected chi connectivity index (χ2v) is 4.64. The van der Waals surface area contributed by atoms with E-state index in [-0.39, 0.29) is 12.2 Å². The molecule has 17 heavy (non-hydrogen) atoms. The van der Waals surface area contributed by atoms with Crippen LogP contribution in [0.1, 0.15) is 37.9 Å². The molecule has 0 N–H and O–H groups in total. The van der Waals surface area contributed by atoms with Crippen LogP contribution in [0.15, 0.2) is 4.52 Å². The fraction of sp³-hybridized carbons (Fsp3) is 0.750. The van der Waals surface area contributed by atoms with Crippen molar-refractivity contribution in [2.45, 2.75) is 39.0 Å². The molecule has 5 heteroatoms. The van der Waals surface area contributed by atoms with Gasteiger partial charge in [0.25, 0.3) is 0 Å². The average molecular weight is 237 g/mol. The first-order chi connectivity index (χ1) is 8.24. The lowest BCUT2D eigenvalue weighted by molar-refractivity contribution is -0.116. The molecule has 0 aromatic carbocycles. The predicted molar refractivity (Wildman–Crippen MR) is 62.7 cm³/mol. The van der Waals surface area contributed by atoms with Crippen molar-refractivity contribution < 1.29 is 9.32 Å². The summed E-state index contributed by atoms with van der Waals surface area (Å²) >= 11 is 0. The van der Waals surface area contributed by atoms with Gasteiger partial charge in [-0.2, -0.15) is 4.98 Å². The number of ketones is 1. The molecule has 0 spiro atoms. The first kappa shape index (κ1) is 12.2. The molecule has 1 fully saturated rings. The maximum Gasteiger partial charge on any atom is 0.227 e. The topological polar surface area (TPSA) is 59.2 Å². The van der Waals surface area contributed by atoms with Gasteiger partial charge in [-0.25, -0.2) is 0 Å². The third-order valence-electron chi connectivity index (χ3n) is 3.01. The second-order valence-electron chi connectivity index (χ2n) is 4.64. The van der Waals surface area contributed by atoms with Crippen LogP contribution in [-0.4, -0.2) is 40.5 Å². The fourth-order valence-corrected chi connectivity index (χ4v) is 2.12. The molecule has 2 rings (SSSR count). The van der Waals surface area contributed by atoms with Gasteiger partial charge < -0.3 is 9.42 Å². The van der Waals surface area contributed by atoms with E-state index >= 15 is 0 Å². The monoisotopic (exact) mass is 237 g/mol. The van der Waals surface area contributed by atoms with Crippen LogP contribution < -0.4 is 0 Å². The number of piperidine rings is 1. The molecule has 1 aliphatic rings. The van der Waals surface area contributed by atoms with Crippen LogP contribution >= 0.6 is 0 Å². The number of nitrogens with zero attached hydrogens (tertiary/aromatic N) is 3. The number of hydrogen-bond acceptors (Lipinski definition) is 5. The van der Waals surface area contributed by atoms with Crippen LogP contribution in [0, 0.1) is 0 Å². The Bertz CT molecular complexity index is 370. The maximum atomic E-state index is 10.9. The summed E-state index contributed by atoms with van der Waals surface area (Å²) in [5.41, 5.74) is 0. The van der Waals surface area contributed by atoms with E-state index in [0.717, 1.165) is 13.0 Å². The molecular weight excluding hydrogens is 218 g/mol. The van der Waals surface area contributed by atoms with Crippen molar-refractivity contribution in [2.75, 3.05) is 19.6 Å². The average Bonchev–Trinajstić information content (AvgIpc) is 2.75. The Morgan fingerprint density at radius 3 is 2.82 bits per heavy atom. The van der Waals surface area contributed by atoms with Crippen LogP contribution in [0.5, 0.6) is 0 Å². The minimum atomic E-state index is 0.0633. The highest BCUT2D eigenvalue weighted by Crippen LogP contribution is 2.09. The highest BCUT2D eigenvalue weighted by molar-refractivity contribution is 5.77. The van der Waals surface area contributed by atoms with E-state index in [2.05, 4.69) is 15.0 Å². The molecule has 1 saturated heterocycles. The van der Waals surface area contributed by atoms with Crippen molar-refractivity contribution in [2.24, 2.45) is 0 Å². The van der Waals surface area contributed by atoms with E-state index in [4.69, 9.17) is 4.52 Å². The van der Waals surface area contributed by atoms with E-state index < -0.39 is 0 Å². The summed E-state index contributed by atoms with van der Waals surface area (Å²) in [6, 6.07) is 0. The Balaban J connectivity index is 1.78. The Kier molecular flexibility index (Phi) is 4.25. The number of Topliss-reactive ketones (excluding diaryl/α,β-unsaturated/α-hetero) is 1. The van der Waals surface area contributed by atoms with Gasteiger partial charge in [0.15, 0.2) is 5.82 Å². The fourth-order valence-electron chi connectivity index (χ4n) is 2.12. The number of carbonyl (C=O) groups is 1. The van der Waals surface area contributed by atoms with Crippen LogP contribution in [0.2, 0.25) is 0 Å². The van der Waals surface area contributed by atoms with Gasteiger partial charge in [-0.15, -0.1) is 0 Å². The minimum absolute atomic E-state index is 0.0633. The zero-order valence-electron chi connectivity index (χ0n) is 10.3. The van der Waals surface area contributed by atoms with Crippen molar-refractivity contribution in [3.63, 3.8) is 0 Å². The van der Waals surface area contributed by atoms with Crippen molar-refractivity contribution in [3.05, 3.63) is 11.7 Å². The summed E-state index contributed by atoms with van der Waals surface area (Å²) < 4.78 is 5.12. The van der Waals surface area contributed by atoms with Crippen molar-refractivity contribution >= 4 is 5.78 Å². The Morgan fingerprint density at radius 2 is 2.12 bits per heavy atom. The van der Waals surface area contributed by atoms with E-state index in [0.29, 0.717) is 11.7 Å². The summed E-state index contributed by atoms with van der Waals surface area (Å²) in [6.07, 6.45) is 4.98. The molecule has 5 nitrogen and oxygen atoms in total. The summed E-state index contributed by atoms with van der Waals surface area (Å²) in [6.45, 7) is 4.86. The van der Waals surface area contributed by atoms with Crippen molar-refractivity contribution in [1.82, 2.24) is 15.0 Å². The molecule has 0 bridgehead atoms. The first-order valence-electron chi connectivity index (χ1n) is 6.27. The predicted octanol–water partition coefficient (Wildman–Crippen LogP) is 1.23. The van der Waals surface area contributed by atoms with Gasteiger partial charge in [-0.1, -0.05) is 11.6 Å². The van der Waals surface area contributed by atoms with Crippen LogP contribution in [0.25, 0.3) is 0 Å². The molecular formula is C12H19N3O2. The van der Waals surface area contributed by atoms with Crippen LogP contribution in [0.4, 0.5) is 0 Å². The van der Waals surface area contributed by atoms with E-state index in [9.17, 15) is 4.79 Å². The van der Waals surface area contributed by atoms with Crippen molar-refractivity contribution in [1.29, 1.82) is 0 Å². The molecule has 2 heterocycles. The number of carbonyl (C=O) groups excluding carboxylic acids is 1. The molecule has 0 radical (unpaired) electrons. The summed E-state index contributed by atoms with van der Waals surface area (Å²) in [5, 5.41) is 3.79. The molecule has 1 aromatic heterocycles. The smallest absolute Gasteiger partial charge is 0.227 e. The highest BCUT2D eigenvalue weighted by atomic mass is 16.5. The SMILES string of the molecule is CC(=O)Cc1noc(CCN2CCCCC2)n1. The highest BCUT2D eigenvalue weighted by Gasteiger charge is 2.12. The number of aromatic nitrogens is 2. The van der Waals surface area contributed by atoms with Gasteiger partial charge in [-0.3, -0.25) is 4.79 Å². The Hall–Kier alpha value is -1.23. The molecule has 0 aliphatic carbocycles. The zero-order chi connectivity index (χ0) is 12.1. The lowest BCUT2D eigenvalue weighted by Gasteiger charge is -2.25. The van der Waals surface area contributed by atoms with Crippen LogP contribution in [-0.2, 0) is 17.6 Å². The second kappa shape index (κ2) is 5.91. The van der Waals surface area contributed by atoms with Gasteiger partial charge in [0.1, 0.15) is 5.78 Å².